The summed E-state index contributed by atoms with van der Waals surface area (Å²) in [4.78, 5) is 25.2. The predicted molar refractivity (Wildman–Crippen MR) is 113 cm³/mol. The smallest absolute Gasteiger partial charge is 0.253 e. The fourth-order valence-corrected chi connectivity index (χ4v) is 3.41. The molecular formula is C23H24N4O2. The van der Waals surface area contributed by atoms with Crippen LogP contribution in [0, 0.1) is 0 Å². The van der Waals surface area contributed by atoms with E-state index < -0.39 is 0 Å². The Kier molecular flexibility index (Phi) is 5.42. The summed E-state index contributed by atoms with van der Waals surface area (Å²) in [5.41, 5.74) is 2.94. The van der Waals surface area contributed by atoms with E-state index in [1.165, 1.54) is 0 Å². The zero-order valence-corrected chi connectivity index (χ0v) is 16.7. The molecule has 1 unspecified atom stereocenters. The maximum absolute atomic E-state index is 12.9. The zero-order chi connectivity index (χ0) is 20.2. The molecule has 0 bridgehead atoms. The first kappa shape index (κ1) is 18.9. The Morgan fingerprint density at radius 2 is 1.76 bits per heavy atom. The number of ether oxygens (including phenoxy) is 1. The van der Waals surface area contributed by atoms with E-state index in [1.54, 1.807) is 12.4 Å². The lowest BCUT2D eigenvalue weighted by molar-refractivity contribution is 0.0771. The molecule has 0 radical (unpaired) electrons. The van der Waals surface area contributed by atoms with Gasteiger partial charge in [0.1, 0.15) is 6.10 Å². The molecule has 6 heteroatoms. The summed E-state index contributed by atoms with van der Waals surface area (Å²) in [7, 11) is 3.82. The van der Waals surface area contributed by atoms with E-state index in [0.29, 0.717) is 24.5 Å². The zero-order valence-electron chi connectivity index (χ0n) is 16.7. The molecule has 4 rings (SSSR count). The molecule has 1 fully saturated rings. The quantitative estimate of drug-likeness (QED) is 0.670. The molecule has 148 valence electrons. The number of anilines is 1. The van der Waals surface area contributed by atoms with Crippen molar-refractivity contribution in [2.75, 3.05) is 32.1 Å². The lowest BCUT2D eigenvalue weighted by Crippen LogP contribution is -2.31. The molecule has 1 aliphatic heterocycles. The number of aromatic nitrogens is 2. The fraction of sp³-hybridized carbons (Fsp3) is 0.261. The van der Waals surface area contributed by atoms with Crippen molar-refractivity contribution >= 4 is 11.7 Å². The monoisotopic (exact) mass is 388 g/mol. The highest BCUT2D eigenvalue weighted by atomic mass is 16.5. The summed E-state index contributed by atoms with van der Waals surface area (Å²) in [6, 6.07) is 17.9. The molecule has 0 saturated carbocycles. The maximum atomic E-state index is 12.9. The number of hydrogen-bond donors (Lipinski definition) is 0. The summed E-state index contributed by atoms with van der Waals surface area (Å²) in [6.45, 7) is 1.22. The summed E-state index contributed by atoms with van der Waals surface area (Å²) < 4.78 is 5.97. The van der Waals surface area contributed by atoms with Crippen LogP contribution in [0.15, 0.2) is 67.0 Å². The summed E-state index contributed by atoms with van der Waals surface area (Å²) >= 11 is 0. The van der Waals surface area contributed by atoms with Gasteiger partial charge in [-0.05, 0) is 23.3 Å². The fourth-order valence-electron chi connectivity index (χ4n) is 3.41. The SMILES string of the molecule is CN(C)c1cncc(OC2CCN(C(=O)c3ccc(-c4ccccc4)cc3)C2)n1. The number of carbonyl (C=O) groups is 1. The van der Waals surface area contributed by atoms with Crippen molar-refractivity contribution < 1.29 is 9.53 Å². The van der Waals surface area contributed by atoms with Gasteiger partial charge in [-0.15, -0.1) is 0 Å². The highest BCUT2D eigenvalue weighted by Gasteiger charge is 2.28. The van der Waals surface area contributed by atoms with Crippen molar-refractivity contribution in [1.29, 1.82) is 0 Å². The molecule has 2 heterocycles. The molecule has 1 atom stereocenters. The van der Waals surface area contributed by atoms with Crippen molar-refractivity contribution in [2.24, 2.45) is 0 Å². The Balaban J connectivity index is 1.39. The molecule has 29 heavy (non-hydrogen) atoms. The number of benzene rings is 2. The van der Waals surface area contributed by atoms with Crippen LogP contribution < -0.4 is 9.64 Å². The van der Waals surface area contributed by atoms with Crippen LogP contribution in [0.5, 0.6) is 5.88 Å². The molecule has 3 aromatic rings. The summed E-state index contributed by atoms with van der Waals surface area (Å²) in [5, 5.41) is 0. The van der Waals surface area contributed by atoms with Gasteiger partial charge in [0.05, 0.1) is 18.9 Å². The second-order valence-electron chi connectivity index (χ2n) is 7.33. The third-order valence-electron chi connectivity index (χ3n) is 5.02. The molecule has 6 nitrogen and oxygen atoms in total. The van der Waals surface area contributed by atoms with E-state index in [1.807, 2.05) is 66.4 Å². The summed E-state index contributed by atoms with van der Waals surface area (Å²) in [6.07, 6.45) is 4.01. The molecular weight excluding hydrogens is 364 g/mol. The van der Waals surface area contributed by atoms with Crippen molar-refractivity contribution in [3.05, 3.63) is 72.6 Å². The lowest BCUT2D eigenvalue weighted by atomic mass is 10.0. The van der Waals surface area contributed by atoms with Crippen LogP contribution >= 0.6 is 0 Å². The Hall–Kier alpha value is -3.41. The van der Waals surface area contributed by atoms with E-state index in [-0.39, 0.29) is 12.0 Å². The second kappa shape index (κ2) is 8.31. The molecule has 1 saturated heterocycles. The van der Waals surface area contributed by atoms with Crippen molar-refractivity contribution in [1.82, 2.24) is 14.9 Å². The Morgan fingerprint density at radius 1 is 1.03 bits per heavy atom. The van der Waals surface area contributed by atoms with Crippen LogP contribution in [-0.4, -0.2) is 54.1 Å². The molecule has 1 aromatic heterocycles. The largest absolute Gasteiger partial charge is 0.471 e. The molecule has 0 N–H and O–H groups in total. The van der Waals surface area contributed by atoms with Gasteiger partial charge in [-0.25, -0.2) is 0 Å². The van der Waals surface area contributed by atoms with E-state index in [4.69, 9.17) is 4.74 Å². The normalized spacial score (nSPS) is 15.9. The van der Waals surface area contributed by atoms with Crippen LogP contribution in [0.25, 0.3) is 11.1 Å². The van der Waals surface area contributed by atoms with Crippen LogP contribution in [0.4, 0.5) is 5.82 Å². The molecule has 0 spiro atoms. The van der Waals surface area contributed by atoms with E-state index in [2.05, 4.69) is 22.1 Å². The maximum Gasteiger partial charge on any atom is 0.253 e. The van der Waals surface area contributed by atoms with Gasteiger partial charge >= 0.3 is 0 Å². The molecule has 2 aromatic carbocycles. The van der Waals surface area contributed by atoms with Crippen LogP contribution in [0.3, 0.4) is 0 Å². The third kappa shape index (κ3) is 4.37. The predicted octanol–water partition coefficient (Wildman–Crippen LogP) is 3.50. The van der Waals surface area contributed by atoms with Crippen LogP contribution in [0.2, 0.25) is 0 Å². The van der Waals surface area contributed by atoms with Gasteiger partial charge in [0.2, 0.25) is 5.88 Å². The van der Waals surface area contributed by atoms with Gasteiger partial charge in [-0.2, -0.15) is 4.98 Å². The molecule has 1 aliphatic rings. The average Bonchev–Trinajstić information content (AvgIpc) is 3.22. The lowest BCUT2D eigenvalue weighted by Gasteiger charge is -2.18. The van der Waals surface area contributed by atoms with Gasteiger partial charge in [-0.3, -0.25) is 9.78 Å². The van der Waals surface area contributed by atoms with Crippen molar-refractivity contribution in [2.45, 2.75) is 12.5 Å². The van der Waals surface area contributed by atoms with Crippen LogP contribution in [-0.2, 0) is 0 Å². The second-order valence-corrected chi connectivity index (χ2v) is 7.33. The van der Waals surface area contributed by atoms with E-state index in [0.717, 1.165) is 23.4 Å². The van der Waals surface area contributed by atoms with Crippen molar-refractivity contribution in [3.63, 3.8) is 0 Å². The van der Waals surface area contributed by atoms with Gasteiger partial charge in [0.25, 0.3) is 5.91 Å². The number of likely N-dealkylation sites (tertiary alicyclic amines) is 1. The highest BCUT2D eigenvalue weighted by molar-refractivity contribution is 5.95. The first-order valence-corrected chi connectivity index (χ1v) is 9.71. The average molecular weight is 388 g/mol. The van der Waals surface area contributed by atoms with Gasteiger partial charge in [0, 0.05) is 32.6 Å². The minimum atomic E-state index is -0.0748. The van der Waals surface area contributed by atoms with Gasteiger partial charge < -0.3 is 14.5 Å². The summed E-state index contributed by atoms with van der Waals surface area (Å²) in [5.74, 6) is 1.26. The Morgan fingerprint density at radius 3 is 2.48 bits per heavy atom. The van der Waals surface area contributed by atoms with E-state index in [9.17, 15) is 4.79 Å². The standard InChI is InChI=1S/C23H24N4O2/c1-26(2)21-14-24-15-22(25-21)29-20-12-13-27(16-20)23(28)19-10-8-18(9-11-19)17-6-4-3-5-7-17/h3-11,14-15,20H,12-13,16H2,1-2H3. The van der Waals surface area contributed by atoms with Crippen LogP contribution in [0.1, 0.15) is 16.8 Å². The van der Waals surface area contributed by atoms with Gasteiger partial charge in [0.15, 0.2) is 5.82 Å². The number of hydrogen-bond acceptors (Lipinski definition) is 5. The van der Waals surface area contributed by atoms with E-state index >= 15 is 0 Å². The molecule has 1 amide bonds. The Labute approximate surface area is 170 Å². The minimum absolute atomic E-state index is 0.0313. The number of rotatable bonds is 5. The third-order valence-corrected chi connectivity index (χ3v) is 5.02. The van der Waals surface area contributed by atoms with Crippen molar-refractivity contribution in [3.8, 4) is 17.0 Å². The molecule has 0 aliphatic carbocycles. The topological polar surface area (TPSA) is 58.6 Å². The first-order chi connectivity index (χ1) is 14.1. The Bertz CT molecular complexity index is 974. The number of nitrogens with zero attached hydrogens (tertiary/aromatic N) is 4. The minimum Gasteiger partial charge on any atom is -0.471 e. The highest BCUT2D eigenvalue weighted by Crippen LogP contribution is 2.22. The van der Waals surface area contributed by atoms with Gasteiger partial charge in [-0.1, -0.05) is 42.5 Å². The number of amides is 1. The first-order valence-electron chi connectivity index (χ1n) is 9.71. The number of carbonyl (C=O) groups excluding carboxylic acids is 1.